The number of nitrogens with two attached hydrogens (primary N) is 1. The summed E-state index contributed by atoms with van der Waals surface area (Å²) in [5.41, 5.74) is 6.11. The predicted octanol–water partition coefficient (Wildman–Crippen LogP) is 3.45. The molecule has 1 aliphatic heterocycles. The van der Waals surface area contributed by atoms with Gasteiger partial charge in [-0.15, -0.1) is 0 Å². The highest BCUT2D eigenvalue weighted by Crippen LogP contribution is 2.39. The van der Waals surface area contributed by atoms with Crippen LogP contribution in [0.15, 0.2) is 42.5 Å². The third-order valence-corrected chi connectivity index (χ3v) is 3.44. The summed E-state index contributed by atoms with van der Waals surface area (Å²) in [7, 11) is 0. The zero-order valence-corrected chi connectivity index (χ0v) is 10.8. The van der Waals surface area contributed by atoms with Crippen LogP contribution in [0, 0.1) is 0 Å². The first-order valence-electron chi connectivity index (χ1n) is 6.24. The van der Waals surface area contributed by atoms with Crippen LogP contribution in [-0.2, 0) is 12.7 Å². The minimum Gasteiger partial charge on any atom is -0.399 e. The number of para-hydroxylation sites is 1. The zero-order valence-electron chi connectivity index (χ0n) is 10.8. The van der Waals surface area contributed by atoms with E-state index in [1.54, 1.807) is 12.1 Å². The van der Waals surface area contributed by atoms with Crippen molar-refractivity contribution in [2.24, 2.45) is 0 Å². The van der Waals surface area contributed by atoms with Gasteiger partial charge in [-0.2, -0.15) is 13.2 Å². The van der Waals surface area contributed by atoms with E-state index in [1.165, 1.54) is 24.3 Å². The number of rotatable bonds is 1. The van der Waals surface area contributed by atoms with Crippen molar-refractivity contribution in [3.63, 3.8) is 0 Å². The number of alkyl halides is 3. The van der Waals surface area contributed by atoms with Crippen molar-refractivity contribution >= 4 is 17.3 Å². The molecule has 3 rings (SSSR count). The number of anilines is 2. The topological polar surface area (TPSA) is 46.3 Å². The number of nitrogens with zero attached hydrogens (tertiary/aromatic N) is 1. The van der Waals surface area contributed by atoms with E-state index in [2.05, 4.69) is 0 Å². The van der Waals surface area contributed by atoms with Crippen molar-refractivity contribution in [2.45, 2.75) is 12.7 Å². The van der Waals surface area contributed by atoms with Gasteiger partial charge in [0.05, 0.1) is 17.8 Å². The molecule has 2 aromatic carbocycles. The maximum atomic E-state index is 13.1. The smallest absolute Gasteiger partial charge is 0.399 e. The van der Waals surface area contributed by atoms with Crippen LogP contribution in [0.5, 0.6) is 0 Å². The van der Waals surface area contributed by atoms with Gasteiger partial charge in [0, 0.05) is 11.3 Å². The summed E-state index contributed by atoms with van der Waals surface area (Å²) in [6.07, 6.45) is -4.51. The van der Waals surface area contributed by atoms with Gasteiger partial charge >= 0.3 is 6.18 Å². The van der Waals surface area contributed by atoms with Crippen LogP contribution in [0.25, 0.3) is 0 Å². The van der Waals surface area contributed by atoms with Gasteiger partial charge in [0.15, 0.2) is 0 Å². The Morgan fingerprint density at radius 2 is 1.81 bits per heavy atom. The predicted molar refractivity (Wildman–Crippen MR) is 72.8 cm³/mol. The lowest BCUT2D eigenvalue weighted by atomic mass is 10.1. The number of carbonyl (C=O) groups excluding carboxylic acids is 1. The molecular formula is C15H11F3N2O. The molecule has 0 fully saturated rings. The van der Waals surface area contributed by atoms with E-state index in [9.17, 15) is 18.0 Å². The normalized spacial score (nSPS) is 14.4. The average Bonchev–Trinajstić information content (AvgIpc) is 2.75. The molecule has 0 aromatic heterocycles. The molecule has 0 aliphatic carbocycles. The van der Waals surface area contributed by atoms with E-state index in [-0.39, 0.29) is 12.2 Å². The number of hydrogen-bond donors (Lipinski definition) is 1. The molecular weight excluding hydrogens is 281 g/mol. The van der Waals surface area contributed by atoms with Crippen LogP contribution in [0.3, 0.4) is 0 Å². The molecule has 0 spiro atoms. The summed E-state index contributed by atoms with van der Waals surface area (Å²) in [6.45, 7) is 0.113. The fourth-order valence-electron chi connectivity index (χ4n) is 2.46. The summed E-state index contributed by atoms with van der Waals surface area (Å²) in [5.74, 6) is -0.464. The summed E-state index contributed by atoms with van der Waals surface area (Å²) in [6, 6.07) is 9.85. The Morgan fingerprint density at radius 1 is 1.10 bits per heavy atom. The number of carbonyl (C=O) groups is 1. The Kier molecular flexibility index (Phi) is 2.90. The molecule has 108 valence electrons. The standard InChI is InChI=1S/C15H11F3N2O/c16-15(17,18)12-3-1-2-4-13(12)20-8-9-5-6-10(19)7-11(9)14(20)21/h1-7H,8,19H2. The first-order valence-corrected chi connectivity index (χ1v) is 6.24. The van der Waals surface area contributed by atoms with Gasteiger partial charge in [-0.25, -0.2) is 0 Å². The van der Waals surface area contributed by atoms with Gasteiger partial charge in [0.25, 0.3) is 5.91 Å². The van der Waals surface area contributed by atoms with Crippen molar-refractivity contribution in [1.82, 2.24) is 0 Å². The average molecular weight is 292 g/mol. The van der Waals surface area contributed by atoms with E-state index in [0.717, 1.165) is 11.0 Å². The minimum atomic E-state index is -4.51. The van der Waals surface area contributed by atoms with E-state index in [1.807, 2.05) is 0 Å². The molecule has 2 N–H and O–H groups in total. The lowest BCUT2D eigenvalue weighted by Gasteiger charge is -2.20. The molecule has 21 heavy (non-hydrogen) atoms. The summed E-state index contributed by atoms with van der Waals surface area (Å²) >= 11 is 0. The quantitative estimate of drug-likeness (QED) is 0.818. The number of amides is 1. The number of halogens is 3. The minimum absolute atomic E-state index is 0.113. The molecule has 0 radical (unpaired) electrons. The number of benzene rings is 2. The van der Waals surface area contributed by atoms with Crippen LogP contribution in [0.1, 0.15) is 21.5 Å². The lowest BCUT2D eigenvalue weighted by Crippen LogP contribution is -2.26. The third kappa shape index (κ3) is 2.22. The Morgan fingerprint density at radius 3 is 2.52 bits per heavy atom. The fourth-order valence-corrected chi connectivity index (χ4v) is 2.46. The molecule has 2 aromatic rings. The molecule has 0 unspecified atom stereocenters. The summed E-state index contributed by atoms with van der Waals surface area (Å²) in [5, 5.41) is 0. The van der Waals surface area contributed by atoms with Gasteiger partial charge in [0.2, 0.25) is 0 Å². The van der Waals surface area contributed by atoms with E-state index >= 15 is 0 Å². The van der Waals surface area contributed by atoms with Crippen molar-refractivity contribution in [2.75, 3.05) is 10.6 Å². The van der Waals surface area contributed by atoms with E-state index < -0.39 is 17.6 Å². The molecule has 1 amide bonds. The lowest BCUT2D eigenvalue weighted by molar-refractivity contribution is -0.137. The first kappa shape index (κ1) is 13.5. The molecule has 6 heteroatoms. The highest BCUT2D eigenvalue weighted by atomic mass is 19.4. The Hall–Kier alpha value is -2.50. The summed E-state index contributed by atoms with van der Waals surface area (Å²) < 4.78 is 39.2. The third-order valence-electron chi connectivity index (χ3n) is 3.44. The second-order valence-electron chi connectivity index (χ2n) is 4.82. The fraction of sp³-hybridized carbons (Fsp3) is 0.133. The highest BCUT2D eigenvalue weighted by Gasteiger charge is 2.38. The van der Waals surface area contributed by atoms with Gasteiger partial charge < -0.3 is 10.6 Å². The molecule has 1 heterocycles. The highest BCUT2D eigenvalue weighted by molar-refractivity contribution is 6.10. The molecule has 1 aliphatic rings. The van der Waals surface area contributed by atoms with Crippen LogP contribution < -0.4 is 10.6 Å². The second kappa shape index (κ2) is 4.51. The van der Waals surface area contributed by atoms with E-state index in [0.29, 0.717) is 16.8 Å². The maximum absolute atomic E-state index is 13.1. The van der Waals surface area contributed by atoms with Crippen molar-refractivity contribution in [3.05, 3.63) is 59.2 Å². The van der Waals surface area contributed by atoms with Gasteiger partial charge in [0.1, 0.15) is 0 Å². The molecule has 0 saturated heterocycles. The van der Waals surface area contributed by atoms with Gasteiger partial charge in [-0.05, 0) is 29.8 Å². The Bertz CT molecular complexity index is 725. The van der Waals surface area contributed by atoms with Crippen molar-refractivity contribution in [1.29, 1.82) is 0 Å². The maximum Gasteiger partial charge on any atom is 0.418 e. The number of nitrogen functional groups attached to an aromatic ring is 1. The summed E-state index contributed by atoms with van der Waals surface area (Å²) in [4.78, 5) is 13.5. The molecule has 3 nitrogen and oxygen atoms in total. The zero-order chi connectivity index (χ0) is 15.2. The molecule has 0 bridgehead atoms. The van der Waals surface area contributed by atoms with Crippen molar-refractivity contribution < 1.29 is 18.0 Å². The Balaban J connectivity index is 2.07. The molecule has 0 saturated carbocycles. The SMILES string of the molecule is Nc1ccc2c(c1)C(=O)N(c1ccccc1C(F)(F)F)C2. The largest absolute Gasteiger partial charge is 0.418 e. The monoisotopic (exact) mass is 292 g/mol. The second-order valence-corrected chi connectivity index (χ2v) is 4.82. The first-order chi connectivity index (χ1) is 9.88. The van der Waals surface area contributed by atoms with Gasteiger partial charge in [-0.3, -0.25) is 4.79 Å². The van der Waals surface area contributed by atoms with Crippen molar-refractivity contribution in [3.8, 4) is 0 Å². The molecule has 0 atom stereocenters. The van der Waals surface area contributed by atoms with Crippen LogP contribution in [0.2, 0.25) is 0 Å². The number of fused-ring (bicyclic) bond motifs is 1. The van der Waals surface area contributed by atoms with Crippen LogP contribution >= 0.6 is 0 Å². The van der Waals surface area contributed by atoms with Crippen LogP contribution in [-0.4, -0.2) is 5.91 Å². The van der Waals surface area contributed by atoms with Crippen LogP contribution in [0.4, 0.5) is 24.5 Å². The van der Waals surface area contributed by atoms with Gasteiger partial charge in [-0.1, -0.05) is 18.2 Å². The Labute approximate surface area is 118 Å². The number of hydrogen-bond acceptors (Lipinski definition) is 2. The van der Waals surface area contributed by atoms with E-state index in [4.69, 9.17) is 5.73 Å².